The summed E-state index contributed by atoms with van der Waals surface area (Å²) in [6.45, 7) is 12.4. The van der Waals surface area contributed by atoms with E-state index in [1.54, 1.807) is 0 Å². The van der Waals surface area contributed by atoms with Crippen LogP contribution in [0.25, 0.3) is 0 Å². The first-order valence-electron chi connectivity index (χ1n) is 11.6. The minimum atomic E-state index is 0. The van der Waals surface area contributed by atoms with Crippen LogP contribution in [-0.2, 0) is 0 Å². The van der Waals surface area contributed by atoms with Gasteiger partial charge in [0.05, 0.1) is 26.7 Å². The van der Waals surface area contributed by atoms with Gasteiger partial charge in [-0.3, -0.25) is 0 Å². The van der Waals surface area contributed by atoms with E-state index in [0.717, 1.165) is 6.54 Å². The third-order valence-electron chi connectivity index (χ3n) is 5.67. The first kappa shape index (κ1) is 28.2. The Morgan fingerprint density at radius 2 is 0.885 bits per heavy atom. The Hall–Kier alpha value is -0.0100. The maximum Gasteiger partial charge on any atom is 0.0969 e. The van der Waals surface area contributed by atoms with Gasteiger partial charge >= 0.3 is 0 Å². The predicted molar refractivity (Wildman–Crippen MR) is 116 cm³/mol. The second kappa shape index (κ2) is 21.3. The largest absolute Gasteiger partial charge is 1.00 e. The Morgan fingerprint density at radius 1 is 0.577 bits per heavy atom. The predicted octanol–water partition coefficient (Wildman–Crippen LogP) is 4.90. The first-order chi connectivity index (χ1) is 12.2. The molecular formula is C24H50ClN. The average Bonchev–Trinajstić information content (AvgIpc) is 2.60. The topological polar surface area (TPSA) is 0 Å². The zero-order chi connectivity index (χ0) is 18.6. The van der Waals surface area contributed by atoms with Crippen molar-refractivity contribution < 1.29 is 16.9 Å². The van der Waals surface area contributed by atoms with Crippen LogP contribution in [0.5, 0.6) is 0 Å². The van der Waals surface area contributed by atoms with Crippen molar-refractivity contribution in [1.29, 1.82) is 0 Å². The Morgan fingerprint density at radius 3 is 1.19 bits per heavy atom. The van der Waals surface area contributed by atoms with Gasteiger partial charge < -0.3 is 16.9 Å². The molecular weight excluding hydrogens is 338 g/mol. The fourth-order valence-electron chi connectivity index (χ4n) is 3.86. The summed E-state index contributed by atoms with van der Waals surface area (Å²) in [5.74, 6) is 0. The number of rotatable bonds is 20. The maximum absolute atomic E-state index is 4.00. The zero-order valence-corrected chi connectivity index (χ0v) is 19.3. The number of nitrogens with zero attached hydrogens (tertiary/aromatic N) is 1. The molecule has 0 saturated heterocycles. The number of hydrogen-bond donors (Lipinski definition) is 0. The van der Waals surface area contributed by atoms with Crippen LogP contribution in [0, 0.1) is 0 Å². The van der Waals surface area contributed by atoms with Gasteiger partial charge in [-0.25, -0.2) is 0 Å². The molecule has 0 bridgehead atoms. The van der Waals surface area contributed by atoms with Crippen molar-refractivity contribution in [3.05, 3.63) is 12.7 Å². The summed E-state index contributed by atoms with van der Waals surface area (Å²) in [5, 5.41) is 0. The second-order valence-corrected chi connectivity index (χ2v) is 8.49. The summed E-state index contributed by atoms with van der Waals surface area (Å²) in [4.78, 5) is 0. The molecule has 2 heteroatoms. The molecule has 0 spiro atoms. The summed E-state index contributed by atoms with van der Waals surface area (Å²) in [6.07, 6.45) is 24.9. The highest BCUT2D eigenvalue weighted by Gasteiger charge is 2.18. The van der Waals surface area contributed by atoms with Gasteiger partial charge in [-0.05, 0) is 31.8 Å². The highest BCUT2D eigenvalue weighted by Crippen LogP contribution is 2.14. The van der Waals surface area contributed by atoms with E-state index in [4.69, 9.17) is 0 Å². The molecule has 0 aliphatic heterocycles. The molecule has 0 rings (SSSR count). The second-order valence-electron chi connectivity index (χ2n) is 8.49. The molecule has 1 unspecified atom stereocenters. The highest BCUT2D eigenvalue weighted by atomic mass is 35.5. The molecule has 0 fully saturated rings. The Labute approximate surface area is 173 Å². The van der Waals surface area contributed by atoms with Gasteiger partial charge in [-0.1, -0.05) is 97.5 Å². The van der Waals surface area contributed by atoms with E-state index in [9.17, 15) is 0 Å². The van der Waals surface area contributed by atoms with E-state index in [1.165, 1.54) is 120 Å². The van der Waals surface area contributed by atoms with E-state index in [2.05, 4.69) is 33.6 Å². The molecule has 1 nitrogen and oxygen atoms in total. The van der Waals surface area contributed by atoms with E-state index in [0.29, 0.717) is 0 Å². The van der Waals surface area contributed by atoms with Crippen LogP contribution in [0.3, 0.4) is 0 Å². The molecule has 0 aromatic rings. The zero-order valence-electron chi connectivity index (χ0n) is 18.5. The van der Waals surface area contributed by atoms with Gasteiger partial charge in [-0.15, -0.1) is 0 Å². The van der Waals surface area contributed by atoms with Crippen LogP contribution in [0.4, 0.5) is 0 Å². The van der Waals surface area contributed by atoms with Crippen molar-refractivity contribution >= 4 is 0 Å². The lowest BCUT2D eigenvalue weighted by Gasteiger charge is -2.34. The molecule has 0 aliphatic carbocycles. The SMILES string of the molecule is C=CC[N+](C)(CCCCCCCCC)CCCCCCCCCCC.[Cl-]. The quantitative estimate of drug-likeness (QED) is 0.158. The Kier molecular flexibility index (Phi) is 23.1. The smallest absolute Gasteiger partial charge is 0.0969 e. The van der Waals surface area contributed by atoms with Crippen LogP contribution in [0.15, 0.2) is 12.7 Å². The average molecular weight is 388 g/mol. The van der Waals surface area contributed by atoms with Crippen molar-refractivity contribution in [2.45, 2.75) is 117 Å². The van der Waals surface area contributed by atoms with E-state index in [-0.39, 0.29) is 12.4 Å². The molecule has 0 radical (unpaired) electrons. The molecule has 26 heavy (non-hydrogen) atoms. The summed E-state index contributed by atoms with van der Waals surface area (Å²) >= 11 is 0. The lowest BCUT2D eigenvalue weighted by atomic mass is 10.1. The van der Waals surface area contributed by atoms with Crippen LogP contribution in [0.1, 0.15) is 117 Å². The molecule has 1 atom stereocenters. The number of likely N-dealkylation sites (N-methyl/N-ethyl adjacent to an activating group) is 1. The van der Waals surface area contributed by atoms with Crippen LogP contribution in [-0.4, -0.2) is 31.2 Å². The summed E-state index contributed by atoms with van der Waals surface area (Å²) in [5.41, 5.74) is 0. The van der Waals surface area contributed by atoms with Crippen molar-refractivity contribution in [2.75, 3.05) is 26.7 Å². The number of halogens is 1. The van der Waals surface area contributed by atoms with Crippen molar-refractivity contribution in [2.24, 2.45) is 0 Å². The molecule has 158 valence electrons. The molecule has 0 aliphatic rings. The molecule has 0 heterocycles. The lowest BCUT2D eigenvalue weighted by Crippen LogP contribution is -3.00. The molecule has 0 aromatic heterocycles. The van der Waals surface area contributed by atoms with Crippen LogP contribution >= 0.6 is 0 Å². The van der Waals surface area contributed by atoms with Gasteiger partial charge in [0.25, 0.3) is 0 Å². The normalized spacial score (nSPS) is 13.2. The highest BCUT2D eigenvalue weighted by molar-refractivity contribution is 4.65. The molecule has 0 N–H and O–H groups in total. The lowest BCUT2D eigenvalue weighted by molar-refractivity contribution is -0.904. The van der Waals surface area contributed by atoms with Crippen molar-refractivity contribution in [3.63, 3.8) is 0 Å². The van der Waals surface area contributed by atoms with Crippen molar-refractivity contribution in [3.8, 4) is 0 Å². The molecule has 0 aromatic carbocycles. The monoisotopic (exact) mass is 387 g/mol. The van der Waals surface area contributed by atoms with Crippen LogP contribution < -0.4 is 12.4 Å². The third kappa shape index (κ3) is 18.8. The number of hydrogen-bond acceptors (Lipinski definition) is 0. The van der Waals surface area contributed by atoms with E-state index < -0.39 is 0 Å². The molecule has 0 amide bonds. The number of unbranched alkanes of at least 4 members (excludes halogenated alkanes) is 14. The molecule has 0 saturated carbocycles. The fraction of sp³-hybridized carbons (Fsp3) is 0.917. The summed E-state index contributed by atoms with van der Waals surface area (Å²) in [7, 11) is 2.45. The summed E-state index contributed by atoms with van der Waals surface area (Å²) in [6, 6.07) is 0. The van der Waals surface area contributed by atoms with Gasteiger partial charge in [0.15, 0.2) is 0 Å². The van der Waals surface area contributed by atoms with E-state index in [1.807, 2.05) is 0 Å². The van der Waals surface area contributed by atoms with Gasteiger partial charge in [0.2, 0.25) is 0 Å². The van der Waals surface area contributed by atoms with Gasteiger partial charge in [0, 0.05) is 0 Å². The minimum Gasteiger partial charge on any atom is -1.00 e. The standard InChI is InChI=1S/C24H50N.ClH/c1-5-8-10-12-14-15-17-19-21-24-25(4,22-7-3)23-20-18-16-13-11-9-6-2;/h7H,3,5-6,8-24H2,1-2,4H3;1H/q+1;/p-1. The van der Waals surface area contributed by atoms with E-state index >= 15 is 0 Å². The number of quaternary nitrogens is 1. The van der Waals surface area contributed by atoms with Crippen molar-refractivity contribution in [1.82, 2.24) is 0 Å². The van der Waals surface area contributed by atoms with Gasteiger partial charge in [-0.2, -0.15) is 0 Å². The third-order valence-corrected chi connectivity index (χ3v) is 5.67. The fourth-order valence-corrected chi connectivity index (χ4v) is 3.86. The first-order valence-corrected chi connectivity index (χ1v) is 11.6. The maximum atomic E-state index is 4.00. The Bertz CT molecular complexity index is 279. The van der Waals surface area contributed by atoms with Crippen LogP contribution in [0.2, 0.25) is 0 Å². The summed E-state index contributed by atoms with van der Waals surface area (Å²) < 4.78 is 1.22. The Balaban J connectivity index is 0. The minimum absolute atomic E-state index is 0. The van der Waals surface area contributed by atoms with Gasteiger partial charge in [0.1, 0.15) is 0 Å².